The largest absolute Gasteiger partial charge is 0.481 e. The van der Waals surface area contributed by atoms with Gasteiger partial charge in [0.2, 0.25) is 0 Å². The number of benzene rings is 1. The Morgan fingerprint density at radius 3 is 2.50 bits per heavy atom. The Morgan fingerprint density at radius 1 is 1.33 bits per heavy atom. The summed E-state index contributed by atoms with van der Waals surface area (Å²) >= 11 is 0. The van der Waals surface area contributed by atoms with Crippen LogP contribution < -0.4 is 4.74 Å². The van der Waals surface area contributed by atoms with Crippen LogP contribution in [0.15, 0.2) is 18.2 Å². The van der Waals surface area contributed by atoms with Gasteiger partial charge < -0.3 is 4.74 Å². The van der Waals surface area contributed by atoms with Crippen molar-refractivity contribution in [3.05, 3.63) is 29.3 Å². The fraction of sp³-hybridized carbons (Fsp3) is 0.529. The van der Waals surface area contributed by atoms with Crippen molar-refractivity contribution in [2.45, 2.75) is 52.4 Å². The normalized spacial score (nSPS) is 14.6. The summed E-state index contributed by atoms with van der Waals surface area (Å²) in [4.78, 5) is 0. The third kappa shape index (κ3) is 3.29. The van der Waals surface area contributed by atoms with E-state index < -0.39 is 0 Å². The minimum atomic E-state index is 0. The third-order valence-electron chi connectivity index (χ3n) is 3.17. The van der Waals surface area contributed by atoms with Crippen LogP contribution in [0.4, 0.5) is 0 Å². The van der Waals surface area contributed by atoms with Crippen molar-refractivity contribution in [2.75, 3.05) is 6.61 Å². The lowest BCUT2D eigenvalue weighted by molar-refractivity contribution is 0.357. The molecular weight excluding hydrogens is 220 g/mol. The quantitative estimate of drug-likeness (QED) is 0.711. The van der Waals surface area contributed by atoms with Crippen molar-refractivity contribution in [1.29, 1.82) is 0 Å². The van der Waals surface area contributed by atoms with Gasteiger partial charge in [0.25, 0.3) is 0 Å². The number of ether oxygens (including phenoxy) is 1. The van der Waals surface area contributed by atoms with Crippen LogP contribution >= 0.6 is 0 Å². The Balaban J connectivity index is 0.00000162. The molecule has 1 fully saturated rings. The van der Waals surface area contributed by atoms with Crippen LogP contribution in [0.5, 0.6) is 5.75 Å². The minimum Gasteiger partial charge on any atom is -0.481 e. The van der Waals surface area contributed by atoms with Gasteiger partial charge >= 0.3 is 0 Å². The molecule has 0 bridgehead atoms. The van der Waals surface area contributed by atoms with E-state index in [0.717, 1.165) is 11.7 Å². The SMILES string of the molecule is C.C#CCOc1ccc(C2CC2)cc1C(C)(C)C. The first-order valence-electron chi connectivity index (χ1n) is 6.23. The number of rotatable bonds is 3. The highest BCUT2D eigenvalue weighted by molar-refractivity contribution is 5.43. The van der Waals surface area contributed by atoms with Crippen LogP contribution in [0, 0.1) is 12.3 Å². The predicted molar refractivity (Wildman–Crippen MR) is 78.2 cm³/mol. The van der Waals surface area contributed by atoms with Crippen LogP contribution in [0.3, 0.4) is 0 Å². The zero-order valence-electron chi connectivity index (χ0n) is 10.9. The molecule has 1 aromatic rings. The summed E-state index contributed by atoms with van der Waals surface area (Å²) in [6, 6.07) is 6.55. The Hall–Kier alpha value is -1.42. The highest BCUT2D eigenvalue weighted by atomic mass is 16.5. The lowest BCUT2D eigenvalue weighted by atomic mass is 9.85. The first kappa shape index (κ1) is 14.6. The number of terminal acetylenes is 1. The van der Waals surface area contributed by atoms with E-state index in [2.05, 4.69) is 44.9 Å². The third-order valence-corrected chi connectivity index (χ3v) is 3.17. The van der Waals surface area contributed by atoms with Crippen molar-refractivity contribution in [2.24, 2.45) is 0 Å². The van der Waals surface area contributed by atoms with Gasteiger partial charge in [0.05, 0.1) is 0 Å². The maximum absolute atomic E-state index is 5.63. The molecule has 98 valence electrons. The number of hydrogen-bond acceptors (Lipinski definition) is 1. The standard InChI is InChI=1S/C16H20O.CH4/c1-5-10-17-15-9-8-13(12-6-7-12)11-14(15)16(2,3)4;/h1,8-9,11-12H,6-7,10H2,2-4H3;1H4. The van der Waals surface area contributed by atoms with Crippen molar-refractivity contribution in [3.8, 4) is 18.1 Å². The van der Waals surface area contributed by atoms with Crippen molar-refractivity contribution in [1.82, 2.24) is 0 Å². The van der Waals surface area contributed by atoms with E-state index in [1.165, 1.54) is 24.0 Å². The second-order valence-corrected chi connectivity index (χ2v) is 5.77. The molecule has 0 spiro atoms. The van der Waals surface area contributed by atoms with Gasteiger partial charge in [-0.05, 0) is 41.4 Å². The summed E-state index contributed by atoms with van der Waals surface area (Å²) in [6.45, 7) is 6.97. The molecule has 0 radical (unpaired) electrons. The van der Waals surface area contributed by atoms with E-state index in [0.29, 0.717) is 6.61 Å². The topological polar surface area (TPSA) is 9.23 Å². The predicted octanol–water partition coefficient (Wildman–Crippen LogP) is 4.51. The van der Waals surface area contributed by atoms with Crippen LogP contribution in [0.2, 0.25) is 0 Å². The lowest BCUT2D eigenvalue weighted by Gasteiger charge is -2.23. The first-order chi connectivity index (χ1) is 8.02. The molecule has 1 aliphatic carbocycles. The van der Waals surface area contributed by atoms with Gasteiger partial charge in [-0.2, -0.15) is 0 Å². The zero-order chi connectivity index (χ0) is 12.5. The molecule has 2 rings (SSSR count). The van der Waals surface area contributed by atoms with Crippen molar-refractivity contribution >= 4 is 0 Å². The molecule has 1 aromatic carbocycles. The fourth-order valence-corrected chi connectivity index (χ4v) is 2.05. The Kier molecular flexibility index (Phi) is 4.46. The molecule has 0 N–H and O–H groups in total. The summed E-state index contributed by atoms with van der Waals surface area (Å²) in [7, 11) is 0. The van der Waals surface area contributed by atoms with Gasteiger partial charge in [-0.1, -0.05) is 46.3 Å². The molecule has 0 aromatic heterocycles. The van der Waals surface area contributed by atoms with E-state index in [1.807, 2.05) is 0 Å². The molecule has 1 aliphatic rings. The molecule has 0 heterocycles. The smallest absolute Gasteiger partial charge is 0.148 e. The van der Waals surface area contributed by atoms with E-state index in [4.69, 9.17) is 11.2 Å². The maximum atomic E-state index is 5.63. The van der Waals surface area contributed by atoms with Crippen molar-refractivity contribution in [3.63, 3.8) is 0 Å². The molecule has 1 saturated carbocycles. The van der Waals surface area contributed by atoms with Gasteiger partial charge in [-0.15, -0.1) is 6.42 Å². The Bertz CT molecular complexity index is 442. The van der Waals surface area contributed by atoms with Gasteiger partial charge in [0, 0.05) is 0 Å². The molecule has 18 heavy (non-hydrogen) atoms. The summed E-state index contributed by atoms with van der Waals surface area (Å²) in [5.74, 6) is 4.23. The van der Waals surface area contributed by atoms with Crippen LogP contribution in [0.25, 0.3) is 0 Å². The van der Waals surface area contributed by atoms with Crippen molar-refractivity contribution < 1.29 is 4.74 Å². The molecule has 0 amide bonds. The molecule has 1 nitrogen and oxygen atoms in total. The molecule has 0 saturated heterocycles. The summed E-state index contributed by atoms with van der Waals surface area (Å²) in [5, 5.41) is 0. The highest BCUT2D eigenvalue weighted by Crippen LogP contribution is 2.43. The fourth-order valence-electron chi connectivity index (χ4n) is 2.05. The molecule has 0 atom stereocenters. The minimum absolute atomic E-state index is 0. The molecular formula is C17H24O. The van der Waals surface area contributed by atoms with E-state index >= 15 is 0 Å². The van der Waals surface area contributed by atoms with Crippen LogP contribution in [0.1, 0.15) is 58.1 Å². The second kappa shape index (κ2) is 5.48. The van der Waals surface area contributed by atoms with E-state index in [-0.39, 0.29) is 12.8 Å². The Morgan fingerprint density at radius 2 is 2.00 bits per heavy atom. The van der Waals surface area contributed by atoms with Crippen LogP contribution in [-0.4, -0.2) is 6.61 Å². The average Bonchev–Trinajstić information content (AvgIpc) is 3.08. The van der Waals surface area contributed by atoms with Gasteiger partial charge in [0.1, 0.15) is 12.4 Å². The molecule has 1 heteroatoms. The van der Waals surface area contributed by atoms with Crippen LogP contribution in [-0.2, 0) is 5.41 Å². The zero-order valence-corrected chi connectivity index (χ0v) is 10.9. The van der Waals surface area contributed by atoms with E-state index in [9.17, 15) is 0 Å². The Labute approximate surface area is 112 Å². The number of hydrogen-bond donors (Lipinski definition) is 0. The average molecular weight is 244 g/mol. The van der Waals surface area contributed by atoms with Gasteiger partial charge in [0.15, 0.2) is 0 Å². The lowest BCUT2D eigenvalue weighted by Crippen LogP contribution is -2.14. The van der Waals surface area contributed by atoms with Gasteiger partial charge in [-0.3, -0.25) is 0 Å². The summed E-state index contributed by atoms with van der Waals surface area (Å²) < 4.78 is 5.63. The second-order valence-electron chi connectivity index (χ2n) is 5.77. The monoisotopic (exact) mass is 244 g/mol. The van der Waals surface area contributed by atoms with E-state index in [1.54, 1.807) is 0 Å². The first-order valence-corrected chi connectivity index (χ1v) is 6.23. The van der Waals surface area contributed by atoms with Gasteiger partial charge in [-0.25, -0.2) is 0 Å². The highest BCUT2D eigenvalue weighted by Gasteiger charge is 2.26. The maximum Gasteiger partial charge on any atom is 0.148 e. The summed E-state index contributed by atoms with van der Waals surface area (Å²) in [5.41, 5.74) is 2.80. The molecule has 0 aliphatic heterocycles. The molecule has 0 unspecified atom stereocenters. The summed E-state index contributed by atoms with van der Waals surface area (Å²) in [6.07, 6.45) is 7.90.